The van der Waals surface area contributed by atoms with Crippen molar-refractivity contribution in [2.45, 2.75) is 39.2 Å². The zero-order valence-electron chi connectivity index (χ0n) is 12.1. The van der Waals surface area contributed by atoms with Crippen LogP contribution >= 0.6 is 0 Å². The van der Waals surface area contributed by atoms with Gasteiger partial charge < -0.3 is 5.11 Å². The quantitative estimate of drug-likeness (QED) is 0.929. The third kappa shape index (κ3) is 3.33. The Bertz CT molecular complexity index is 554. The molecule has 20 heavy (non-hydrogen) atoms. The minimum absolute atomic E-state index is 0.162. The standard InChI is InChI=1S/C15H23NO3S/c1-12(2)9-11-20(18,19)16-10-5-8-15(17)13-6-3-4-7-14(13)16/h3-4,6-7,12,15,17H,5,8-11H2,1-2H3. The number of sulfonamides is 1. The van der Waals surface area contributed by atoms with Crippen LogP contribution in [0.2, 0.25) is 0 Å². The number of para-hydroxylation sites is 1. The van der Waals surface area contributed by atoms with Gasteiger partial charge in [0.2, 0.25) is 10.0 Å². The summed E-state index contributed by atoms with van der Waals surface area (Å²) in [6.07, 6.45) is 1.37. The molecule has 0 aromatic heterocycles. The lowest BCUT2D eigenvalue weighted by atomic mass is 10.1. The monoisotopic (exact) mass is 297 g/mol. The van der Waals surface area contributed by atoms with E-state index in [1.54, 1.807) is 6.07 Å². The molecule has 0 bridgehead atoms. The number of hydrogen-bond acceptors (Lipinski definition) is 3. The summed E-state index contributed by atoms with van der Waals surface area (Å²) in [5, 5.41) is 10.1. The summed E-state index contributed by atoms with van der Waals surface area (Å²) in [6.45, 7) is 4.50. The summed E-state index contributed by atoms with van der Waals surface area (Å²) in [7, 11) is -3.32. The van der Waals surface area contributed by atoms with Crippen LogP contribution in [0.15, 0.2) is 24.3 Å². The van der Waals surface area contributed by atoms with Crippen LogP contribution in [-0.2, 0) is 10.0 Å². The van der Waals surface area contributed by atoms with Gasteiger partial charge in [0.05, 0.1) is 17.5 Å². The highest BCUT2D eigenvalue weighted by molar-refractivity contribution is 7.92. The molecule has 112 valence electrons. The fraction of sp³-hybridized carbons (Fsp3) is 0.600. The molecule has 0 radical (unpaired) electrons. The second-order valence-corrected chi connectivity index (χ2v) is 7.80. The van der Waals surface area contributed by atoms with Crippen LogP contribution in [0.4, 0.5) is 5.69 Å². The zero-order valence-corrected chi connectivity index (χ0v) is 12.9. The van der Waals surface area contributed by atoms with E-state index >= 15 is 0 Å². The second kappa shape index (κ2) is 6.14. The van der Waals surface area contributed by atoms with E-state index in [2.05, 4.69) is 0 Å². The fourth-order valence-electron chi connectivity index (χ4n) is 2.48. The zero-order chi connectivity index (χ0) is 14.8. The van der Waals surface area contributed by atoms with Crippen molar-refractivity contribution in [3.05, 3.63) is 29.8 Å². The molecule has 0 fully saturated rings. The van der Waals surface area contributed by atoms with Crippen LogP contribution in [0, 0.1) is 5.92 Å². The number of anilines is 1. The average Bonchev–Trinajstić information content (AvgIpc) is 2.57. The summed E-state index contributed by atoms with van der Waals surface area (Å²) in [4.78, 5) is 0. The Hall–Kier alpha value is -1.07. The lowest BCUT2D eigenvalue weighted by Gasteiger charge is -2.25. The Morgan fingerprint density at radius 1 is 1.35 bits per heavy atom. The van der Waals surface area contributed by atoms with Gasteiger partial charge in [0.25, 0.3) is 0 Å². The summed E-state index contributed by atoms with van der Waals surface area (Å²) >= 11 is 0. The van der Waals surface area contributed by atoms with Gasteiger partial charge in [0.15, 0.2) is 0 Å². The minimum Gasteiger partial charge on any atom is -0.388 e. The van der Waals surface area contributed by atoms with Crippen molar-refractivity contribution in [1.82, 2.24) is 0 Å². The van der Waals surface area contributed by atoms with E-state index in [-0.39, 0.29) is 5.75 Å². The van der Waals surface area contributed by atoms with Gasteiger partial charge in [0, 0.05) is 12.1 Å². The molecule has 1 atom stereocenters. The molecule has 0 spiro atoms. The summed E-state index contributed by atoms with van der Waals surface area (Å²) < 4.78 is 26.6. The van der Waals surface area contributed by atoms with Gasteiger partial charge in [-0.2, -0.15) is 0 Å². The highest BCUT2D eigenvalue weighted by Crippen LogP contribution is 2.34. The third-order valence-corrected chi connectivity index (χ3v) is 5.49. The van der Waals surface area contributed by atoms with E-state index in [1.165, 1.54) is 4.31 Å². The molecule has 0 saturated carbocycles. The largest absolute Gasteiger partial charge is 0.388 e. The summed E-state index contributed by atoms with van der Waals surface area (Å²) in [5.74, 6) is 0.521. The van der Waals surface area contributed by atoms with E-state index < -0.39 is 16.1 Å². The molecule has 1 aromatic carbocycles. The van der Waals surface area contributed by atoms with Crippen LogP contribution in [-0.4, -0.2) is 25.8 Å². The van der Waals surface area contributed by atoms with Gasteiger partial charge in [-0.15, -0.1) is 0 Å². The number of aliphatic hydroxyl groups excluding tert-OH is 1. The number of hydrogen-bond donors (Lipinski definition) is 1. The van der Waals surface area contributed by atoms with E-state index in [9.17, 15) is 13.5 Å². The normalized spacial score (nSPS) is 19.8. The fourth-order valence-corrected chi connectivity index (χ4v) is 4.35. The predicted molar refractivity (Wildman–Crippen MR) is 81.2 cm³/mol. The first-order valence-corrected chi connectivity index (χ1v) is 8.80. The molecular formula is C15H23NO3S. The van der Waals surface area contributed by atoms with Crippen molar-refractivity contribution in [2.24, 2.45) is 5.92 Å². The van der Waals surface area contributed by atoms with E-state index in [1.807, 2.05) is 32.0 Å². The van der Waals surface area contributed by atoms with Crippen molar-refractivity contribution in [3.8, 4) is 0 Å². The summed E-state index contributed by atoms with van der Waals surface area (Å²) in [5.41, 5.74) is 1.36. The first-order chi connectivity index (χ1) is 9.42. The molecule has 4 nitrogen and oxygen atoms in total. The van der Waals surface area contributed by atoms with Crippen molar-refractivity contribution < 1.29 is 13.5 Å². The highest BCUT2D eigenvalue weighted by Gasteiger charge is 2.28. The van der Waals surface area contributed by atoms with Crippen molar-refractivity contribution >= 4 is 15.7 Å². The Morgan fingerprint density at radius 3 is 2.75 bits per heavy atom. The van der Waals surface area contributed by atoms with Crippen molar-refractivity contribution in [2.75, 3.05) is 16.6 Å². The van der Waals surface area contributed by atoms with Crippen LogP contribution < -0.4 is 4.31 Å². The molecule has 1 aliphatic rings. The van der Waals surface area contributed by atoms with Gasteiger partial charge >= 0.3 is 0 Å². The van der Waals surface area contributed by atoms with Gasteiger partial charge in [-0.3, -0.25) is 4.31 Å². The minimum atomic E-state index is -3.32. The molecule has 1 heterocycles. The van der Waals surface area contributed by atoms with Gasteiger partial charge in [-0.25, -0.2) is 8.42 Å². The molecule has 1 aromatic rings. The van der Waals surface area contributed by atoms with Crippen LogP contribution in [0.1, 0.15) is 44.8 Å². The lowest BCUT2D eigenvalue weighted by molar-refractivity contribution is 0.168. The molecule has 1 unspecified atom stereocenters. The topological polar surface area (TPSA) is 57.6 Å². The molecule has 1 aliphatic heterocycles. The maximum Gasteiger partial charge on any atom is 0.235 e. The van der Waals surface area contributed by atoms with Crippen LogP contribution in [0.3, 0.4) is 0 Å². The summed E-state index contributed by atoms with van der Waals surface area (Å²) in [6, 6.07) is 7.27. The number of aliphatic hydroxyl groups is 1. The average molecular weight is 297 g/mol. The van der Waals surface area contributed by atoms with Crippen LogP contribution in [0.5, 0.6) is 0 Å². The molecule has 5 heteroatoms. The number of rotatable bonds is 4. The van der Waals surface area contributed by atoms with Crippen molar-refractivity contribution in [3.63, 3.8) is 0 Å². The van der Waals surface area contributed by atoms with E-state index in [4.69, 9.17) is 0 Å². The highest BCUT2D eigenvalue weighted by atomic mass is 32.2. The smallest absolute Gasteiger partial charge is 0.235 e. The van der Waals surface area contributed by atoms with Gasteiger partial charge in [-0.1, -0.05) is 32.0 Å². The van der Waals surface area contributed by atoms with Gasteiger partial charge in [-0.05, 0) is 31.2 Å². The maximum absolute atomic E-state index is 12.6. The number of benzene rings is 1. The first kappa shape index (κ1) is 15.3. The predicted octanol–water partition coefficient (Wildman–Crippen LogP) is 2.70. The van der Waals surface area contributed by atoms with E-state index in [0.29, 0.717) is 37.4 Å². The first-order valence-electron chi connectivity index (χ1n) is 7.19. The van der Waals surface area contributed by atoms with Crippen molar-refractivity contribution in [1.29, 1.82) is 0 Å². The Kier molecular flexibility index (Phi) is 4.70. The maximum atomic E-state index is 12.6. The van der Waals surface area contributed by atoms with Crippen LogP contribution in [0.25, 0.3) is 0 Å². The Balaban J connectivity index is 2.34. The number of nitrogens with zero attached hydrogens (tertiary/aromatic N) is 1. The molecule has 1 N–H and O–H groups in total. The molecule has 2 rings (SSSR count). The lowest BCUT2D eigenvalue weighted by Crippen LogP contribution is -2.34. The van der Waals surface area contributed by atoms with E-state index in [0.717, 1.165) is 5.56 Å². The second-order valence-electron chi connectivity index (χ2n) is 5.79. The third-order valence-electron chi connectivity index (χ3n) is 3.69. The molecule has 0 aliphatic carbocycles. The molecule has 0 saturated heterocycles. The SMILES string of the molecule is CC(C)CCS(=O)(=O)N1CCCC(O)c2ccccc21. The Morgan fingerprint density at radius 2 is 2.05 bits per heavy atom. The Labute approximate surface area is 121 Å². The molecule has 0 amide bonds. The number of fused-ring (bicyclic) bond motifs is 1. The molecular weight excluding hydrogens is 274 g/mol. The van der Waals surface area contributed by atoms with Gasteiger partial charge in [0.1, 0.15) is 0 Å².